The van der Waals surface area contributed by atoms with Crippen molar-refractivity contribution in [3.8, 4) is 5.75 Å². The molecular weight excluding hydrogens is 422 g/mol. The normalized spacial score (nSPS) is 10.7. The van der Waals surface area contributed by atoms with Gasteiger partial charge in [0, 0.05) is 19.0 Å². The number of aromatic amines is 1. The summed E-state index contributed by atoms with van der Waals surface area (Å²) in [6.45, 7) is 7.37. The molecule has 0 radical (unpaired) electrons. The van der Waals surface area contributed by atoms with E-state index >= 15 is 0 Å². The largest absolute Gasteiger partial charge is 0.427 e. The third-order valence-electron chi connectivity index (χ3n) is 4.96. The molecule has 0 saturated heterocycles. The molecule has 0 saturated carbocycles. The Bertz CT molecular complexity index is 1180. The van der Waals surface area contributed by atoms with Crippen molar-refractivity contribution in [3.63, 3.8) is 0 Å². The lowest BCUT2D eigenvalue weighted by molar-refractivity contribution is -0.131. The lowest BCUT2D eigenvalue weighted by Crippen LogP contribution is -2.23. The summed E-state index contributed by atoms with van der Waals surface area (Å²) in [4.78, 5) is 42.7. The summed E-state index contributed by atoms with van der Waals surface area (Å²) in [5.41, 5.74) is 8.92. The standard InChI is InChI=1S/C24H27N5O4/c1-13(2)17-8-5-14(3)19(12-17)26-24(32)29-23-21(22(25)31)27-20(28-23)11-16-6-9-18(10-7-16)33-15(4)30/h5-10,12-13H,11H2,1-4H3,(H2,25,31)(H,27,28)(H2,26,29,32). The van der Waals surface area contributed by atoms with Crippen LogP contribution in [0.25, 0.3) is 0 Å². The SMILES string of the molecule is CC(=O)Oc1ccc(Cc2nc(C(N)=O)c(NC(=O)Nc3cc(C(C)C)ccc3C)[nH]2)cc1. The van der Waals surface area contributed by atoms with E-state index in [-0.39, 0.29) is 11.5 Å². The molecule has 0 unspecified atom stereocenters. The Labute approximate surface area is 191 Å². The van der Waals surface area contributed by atoms with Gasteiger partial charge in [0.15, 0.2) is 5.69 Å². The summed E-state index contributed by atoms with van der Waals surface area (Å²) >= 11 is 0. The second-order valence-electron chi connectivity index (χ2n) is 7.99. The Morgan fingerprint density at radius 3 is 2.39 bits per heavy atom. The number of hydrogen-bond acceptors (Lipinski definition) is 5. The number of carbonyl (C=O) groups is 3. The van der Waals surface area contributed by atoms with Crippen LogP contribution in [0.2, 0.25) is 0 Å². The van der Waals surface area contributed by atoms with Crippen molar-refractivity contribution in [2.75, 3.05) is 10.6 Å². The Morgan fingerprint density at radius 1 is 1.09 bits per heavy atom. The number of H-pyrrole nitrogens is 1. The van der Waals surface area contributed by atoms with Gasteiger partial charge in [-0.15, -0.1) is 0 Å². The predicted molar refractivity (Wildman–Crippen MR) is 126 cm³/mol. The number of aryl methyl sites for hydroxylation is 1. The zero-order valence-corrected chi connectivity index (χ0v) is 19.0. The van der Waals surface area contributed by atoms with Gasteiger partial charge in [-0.3, -0.25) is 14.9 Å². The highest BCUT2D eigenvalue weighted by molar-refractivity contribution is 6.04. The third kappa shape index (κ3) is 6.19. The van der Waals surface area contributed by atoms with E-state index in [4.69, 9.17) is 10.5 Å². The van der Waals surface area contributed by atoms with Crippen LogP contribution in [0.1, 0.15) is 59.7 Å². The lowest BCUT2D eigenvalue weighted by atomic mass is 10.0. The van der Waals surface area contributed by atoms with Crippen LogP contribution in [0.4, 0.5) is 16.3 Å². The first-order chi connectivity index (χ1) is 15.6. The van der Waals surface area contributed by atoms with Crippen LogP contribution >= 0.6 is 0 Å². The number of esters is 1. The van der Waals surface area contributed by atoms with Gasteiger partial charge in [0.05, 0.1) is 0 Å². The molecule has 9 heteroatoms. The molecule has 1 heterocycles. The van der Waals surface area contributed by atoms with Crippen molar-refractivity contribution < 1.29 is 19.1 Å². The van der Waals surface area contributed by atoms with E-state index in [1.807, 2.05) is 25.1 Å². The molecular formula is C24H27N5O4. The molecule has 0 aliphatic carbocycles. The first-order valence-corrected chi connectivity index (χ1v) is 10.5. The smallest absolute Gasteiger partial charge is 0.324 e. The highest BCUT2D eigenvalue weighted by Gasteiger charge is 2.18. The van der Waals surface area contributed by atoms with E-state index in [1.165, 1.54) is 6.92 Å². The number of nitrogens with zero attached hydrogens (tertiary/aromatic N) is 1. The van der Waals surface area contributed by atoms with Crippen LogP contribution in [-0.4, -0.2) is 27.9 Å². The highest BCUT2D eigenvalue weighted by Crippen LogP contribution is 2.23. The number of aromatic nitrogens is 2. The van der Waals surface area contributed by atoms with Crippen LogP contribution in [0.3, 0.4) is 0 Å². The number of carbonyl (C=O) groups excluding carboxylic acids is 3. The Balaban J connectivity index is 1.74. The number of hydrogen-bond donors (Lipinski definition) is 4. The van der Waals surface area contributed by atoms with Gasteiger partial charge in [-0.2, -0.15) is 0 Å². The molecule has 33 heavy (non-hydrogen) atoms. The van der Waals surface area contributed by atoms with Crippen LogP contribution in [0, 0.1) is 6.92 Å². The van der Waals surface area contributed by atoms with Crippen LogP contribution in [-0.2, 0) is 11.2 Å². The summed E-state index contributed by atoms with van der Waals surface area (Å²) in [5, 5.41) is 5.44. The van der Waals surface area contributed by atoms with Gasteiger partial charge >= 0.3 is 12.0 Å². The summed E-state index contributed by atoms with van der Waals surface area (Å²) in [6.07, 6.45) is 0.347. The number of urea groups is 1. The molecule has 9 nitrogen and oxygen atoms in total. The Morgan fingerprint density at radius 2 is 1.79 bits per heavy atom. The van der Waals surface area contributed by atoms with Gasteiger partial charge in [-0.25, -0.2) is 9.78 Å². The van der Waals surface area contributed by atoms with Gasteiger partial charge < -0.3 is 20.8 Å². The molecule has 0 spiro atoms. The van der Waals surface area contributed by atoms with Gasteiger partial charge in [0.25, 0.3) is 5.91 Å². The monoisotopic (exact) mass is 449 g/mol. The zero-order chi connectivity index (χ0) is 24.1. The van der Waals surface area contributed by atoms with Crippen molar-refractivity contribution in [1.82, 2.24) is 9.97 Å². The number of primary amides is 1. The number of amides is 3. The average molecular weight is 450 g/mol. The van der Waals surface area contributed by atoms with E-state index in [9.17, 15) is 14.4 Å². The number of anilines is 2. The Hall–Kier alpha value is -4.14. The molecule has 5 N–H and O–H groups in total. The van der Waals surface area contributed by atoms with Crippen molar-refractivity contribution in [3.05, 3.63) is 70.7 Å². The molecule has 2 aromatic carbocycles. The maximum atomic E-state index is 12.6. The average Bonchev–Trinajstić information content (AvgIpc) is 3.12. The zero-order valence-electron chi connectivity index (χ0n) is 19.0. The molecule has 172 valence electrons. The number of benzene rings is 2. The minimum Gasteiger partial charge on any atom is -0.427 e. The molecule has 0 aliphatic rings. The van der Waals surface area contributed by atoms with Crippen molar-refractivity contribution in [1.29, 1.82) is 0 Å². The maximum absolute atomic E-state index is 12.6. The molecule has 3 aromatic rings. The second-order valence-corrected chi connectivity index (χ2v) is 7.99. The highest BCUT2D eigenvalue weighted by atomic mass is 16.5. The van der Waals surface area contributed by atoms with E-state index in [2.05, 4.69) is 34.4 Å². The van der Waals surface area contributed by atoms with E-state index < -0.39 is 17.9 Å². The first-order valence-electron chi connectivity index (χ1n) is 10.5. The number of nitrogens with one attached hydrogen (secondary N) is 3. The fourth-order valence-electron chi connectivity index (χ4n) is 3.21. The summed E-state index contributed by atoms with van der Waals surface area (Å²) < 4.78 is 5.02. The topological polar surface area (TPSA) is 139 Å². The van der Waals surface area contributed by atoms with Gasteiger partial charge in [-0.1, -0.05) is 38.1 Å². The maximum Gasteiger partial charge on any atom is 0.324 e. The molecule has 3 rings (SSSR count). The Kier molecular flexibility index (Phi) is 7.12. The molecule has 1 aromatic heterocycles. The molecule has 0 aliphatic heterocycles. The predicted octanol–water partition coefficient (Wildman–Crippen LogP) is 4.10. The fourth-order valence-corrected chi connectivity index (χ4v) is 3.21. The fraction of sp³-hybridized carbons (Fsp3) is 0.250. The summed E-state index contributed by atoms with van der Waals surface area (Å²) in [6, 6.07) is 12.2. The van der Waals surface area contributed by atoms with Gasteiger partial charge in [0.2, 0.25) is 0 Å². The first kappa shape index (κ1) is 23.5. The lowest BCUT2D eigenvalue weighted by Gasteiger charge is -2.13. The molecule has 0 fully saturated rings. The molecule has 0 bridgehead atoms. The van der Waals surface area contributed by atoms with E-state index in [1.54, 1.807) is 24.3 Å². The number of rotatable bonds is 7. The quantitative estimate of drug-likeness (QED) is 0.318. The van der Waals surface area contributed by atoms with Crippen LogP contribution < -0.4 is 21.1 Å². The molecule has 3 amide bonds. The van der Waals surface area contributed by atoms with Gasteiger partial charge in [0.1, 0.15) is 17.4 Å². The number of ether oxygens (including phenoxy) is 1. The van der Waals surface area contributed by atoms with Crippen molar-refractivity contribution in [2.45, 2.75) is 40.0 Å². The van der Waals surface area contributed by atoms with Crippen LogP contribution in [0.5, 0.6) is 5.75 Å². The van der Waals surface area contributed by atoms with Crippen molar-refractivity contribution in [2.24, 2.45) is 5.73 Å². The number of nitrogens with two attached hydrogens (primary N) is 1. The minimum absolute atomic E-state index is 0.0654. The third-order valence-corrected chi connectivity index (χ3v) is 4.96. The van der Waals surface area contributed by atoms with Crippen molar-refractivity contribution >= 4 is 29.4 Å². The van der Waals surface area contributed by atoms with Gasteiger partial charge in [-0.05, 0) is 47.7 Å². The minimum atomic E-state index is -0.768. The summed E-state index contributed by atoms with van der Waals surface area (Å²) in [5.74, 6) is 0.130. The second kappa shape index (κ2) is 9.99. The molecule has 0 atom stereocenters. The summed E-state index contributed by atoms with van der Waals surface area (Å²) in [7, 11) is 0. The van der Waals surface area contributed by atoms with Crippen LogP contribution in [0.15, 0.2) is 42.5 Å². The van der Waals surface area contributed by atoms with E-state index in [0.717, 1.165) is 16.7 Å². The number of imidazole rings is 1. The van der Waals surface area contributed by atoms with E-state index in [0.29, 0.717) is 29.6 Å².